The Morgan fingerprint density at radius 1 is 1.12 bits per heavy atom. The van der Waals surface area contributed by atoms with Crippen LogP contribution in [-0.2, 0) is 0 Å². The first-order valence-electron chi connectivity index (χ1n) is 4.91. The molecule has 0 spiro atoms. The van der Waals surface area contributed by atoms with Crippen molar-refractivity contribution in [1.82, 2.24) is 0 Å². The van der Waals surface area contributed by atoms with Gasteiger partial charge in [0.1, 0.15) is 4.99 Å². The Balaban J connectivity index is 2.33. The molecule has 2 rings (SSSR count). The van der Waals surface area contributed by atoms with Gasteiger partial charge >= 0.3 is 0 Å². The molecule has 0 atom stereocenters. The zero-order valence-electron chi connectivity index (χ0n) is 8.73. The van der Waals surface area contributed by atoms with Crippen LogP contribution in [0.1, 0.15) is 0 Å². The second kappa shape index (κ2) is 4.33. The fourth-order valence-electron chi connectivity index (χ4n) is 1.50. The lowest BCUT2D eigenvalue weighted by atomic mass is 10.1. The lowest BCUT2D eigenvalue weighted by molar-refractivity contribution is 1.54. The molecule has 0 amide bonds. The van der Waals surface area contributed by atoms with E-state index < -0.39 is 0 Å². The van der Waals surface area contributed by atoms with Gasteiger partial charge in [-0.3, -0.25) is 0 Å². The summed E-state index contributed by atoms with van der Waals surface area (Å²) in [6.45, 7) is 3.75. The highest BCUT2D eigenvalue weighted by Crippen LogP contribution is 2.19. The Morgan fingerprint density at radius 3 is 2.50 bits per heavy atom. The zero-order valence-corrected chi connectivity index (χ0v) is 9.55. The Bertz CT molecular complexity index is 561. The van der Waals surface area contributed by atoms with Crippen molar-refractivity contribution in [1.29, 1.82) is 0 Å². The van der Waals surface area contributed by atoms with Crippen molar-refractivity contribution in [2.45, 2.75) is 0 Å². The van der Waals surface area contributed by atoms with Gasteiger partial charge < -0.3 is 11.1 Å². The van der Waals surface area contributed by atoms with Gasteiger partial charge in [-0.15, -0.1) is 0 Å². The van der Waals surface area contributed by atoms with Crippen LogP contribution in [-0.4, -0.2) is 4.99 Å². The van der Waals surface area contributed by atoms with E-state index in [4.69, 9.17) is 18.0 Å². The molecule has 0 unspecified atom stereocenters. The summed E-state index contributed by atoms with van der Waals surface area (Å²) in [4.78, 5) is 0.285. The molecule has 0 fully saturated rings. The van der Waals surface area contributed by atoms with Gasteiger partial charge in [-0.05, 0) is 22.9 Å². The minimum atomic E-state index is 0.285. The van der Waals surface area contributed by atoms with E-state index in [1.807, 2.05) is 30.3 Å². The van der Waals surface area contributed by atoms with Gasteiger partial charge in [-0.2, -0.15) is 0 Å². The van der Waals surface area contributed by atoms with Gasteiger partial charge in [-0.1, -0.05) is 49.1 Å². The van der Waals surface area contributed by atoms with E-state index in [0.29, 0.717) is 5.70 Å². The van der Waals surface area contributed by atoms with Crippen LogP contribution in [0.4, 0.5) is 5.69 Å². The van der Waals surface area contributed by atoms with Crippen LogP contribution >= 0.6 is 12.2 Å². The lowest BCUT2D eigenvalue weighted by Crippen LogP contribution is -2.16. The predicted molar refractivity (Wildman–Crippen MR) is 73.5 cm³/mol. The van der Waals surface area contributed by atoms with Gasteiger partial charge in [0.2, 0.25) is 0 Å². The number of hydrogen-bond acceptors (Lipinski definition) is 2. The van der Waals surface area contributed by atoms with Crippen LogP contribution in [0.5, 0.6) is 0 Å². The highest BCUT2D eigenvalue weighted by molar-refractivity contribution is 7.80. The molecule has 0 saturated heterocycles. The van der Waals surface area contributed by atoms with Crippen molar-refractivity contribution in [2.24, 2.45) is 5.73 Å². The normalized spacial score (nSPS) is 10.0. The highest BCUT2D eigenvalue weighted by atomic mass is 32.1. The predicted octanol–water partition coefficient (Wildman–Crippen LogP) is 3.05. The Hall–Kier alpha value is -1.87. The number of nitrogens with two attached hydrogens (primary N) is 1. The van der Waals surface area contributed by atoms with E-state index in [0.717, 1.165) is 5.69 Å². The summed E-state index contributed by atoms with van der Waals surface area (Å²) < 4.78 is 0. The smallest absolute Gasteiger partial charge is 0.119 e. The molecule has 0 aliphatic carbocycles. The van der Waals surface area contributed by atoms with Crippen LogP contribution in [0.25, 0.3) is 10.8 Å². The Morgan fingerprint density at radius 2 is 1.81 bits per heavy atom. The lowest BCUT2D eigenvalue weighted by Gasteiger charge is -2.08. The third kappa shape index (κ3) is 2.20. The van der Waals surface area contributed by atoms with Crippen molar-refractivity contribution < 1.29 is 0 Å². The summed E-state index contributed by atoms with van der Waals surface area (Å²) in [6, 6.07) is 14.2. The molecule has 80 valence electrons. The van der Waals surface area contributed by atoms with Crippen LogP contribution < -0.4 is 11.1 Å². The second-order valence-corrected chi connectivity index (χ2v) is 3.97. The molecule has 0 bridgehead atoms. The Kier molecular flexibility index (Phi) is 2.88. The van der Waals surface area contributed by atoms with Gasteiger partial charge in [0.05, 0.1) is 5.70 Å². The minimum Gasteiger partial charge on any atom is -0.388 e. The second-order valence-electron chi connectivity index (χ2n) is 3.53. The minimum absolute atomic E-state index is 0.285. The summed E-state index contributed by atoms with van der Waals surface area (Å²) in [6.07, 6.45) is 0. The van der Waals surface area contributed by atoms with Crippen LogP contribution in [0.3, 0.4) is 0 Å². The number of rotatable bonds is 3. The molecule has 3 N–H and O–H groups in total. The molecule has 2 nitrogen and oxygen atoms in total. The first kappa shape index (κ1) is 10.6. The van der Waals surface area contributed by atoms with Crippen molar-refractivity contribution in [3.05, 3.63) is 54.7 Å². The first-order valence-corrected chi connectivity index (χ1v) is 5.32. The maximum absolute atomic E-state index is 5.47. The molecular formula is C13H12N2S. The Labute approximate surface area is 99.8 Å². The molecule has 0 saturated carbocycles. The molecule has 0 heterocycles. The maximum atomic E-state index is 5.47. The zero-order chi connectivity index (χ0) is 11.5. The van der Waals surface area contributed by atoms with E-state index in [-0.39, 0.29) is 4.99 Å². The molecule has 2 aromatic carbocycles. The number of nitrogens with one attached hydrogen (secondary N) is 1. The average molecular weight is 228 g/mol. The fraction of sp³-hybridized carbons (Fsp3) is 0. The van der Waals surface area contributed by atoms with Crippen molar-refractivity contribution in [3.8, 4) is 0 Å². The van der Waals surface area contributed by atoms with Crippen LogP contribution in [0, 0.1) is 0 Å². The van der Waals surface area contributed by atoms with E-state index in [9.17, 15) is 0 Å². The number of benzene rings is 2. The quantitative estimate of drug-likeness (QED) is 0.626. The monoisotopic (exact) mass is 228 g/mol. The van der Waals surface area contributed by atoms with Crippen molar-refractivity contribution >= 4 is 33.7 Å². The summed E-state index contributed by atoms with van der Waals surface area (Å²) in [5, 5.41) is 5.45. The molecule has 3 heteroatoms. The maximum Gasteiger partial charge on any atom is 0.119 e. The number of hydrogen-bond donors (Lipinski definition) is 2. The molecule has 0 radical (unpaired) electrons. The molecule has 0 aliphatic heterocycles. The summed E-state index contributed by atoms with van der Waals surface area (Å²) in [7, 11) is 0. The topological polar surface area (TPSA) is 38.0 Å². The van der Waals surface area contributed by atoms with E-state index in [2.05, 4.69) is 24.0 Å². The molecule has 2 aromatic rings. The largest absolute Gasteiger partial charge is 0.388 e. The van der Waals surface area contributed by atoms with Gasteiger partial charge in [-0.25, -0.2) is 0 Å². The van der Waals surface area contributed by atoms with Gasteiger partial charge in [0.25, 0.3) is 0 Å². The number of fused-ring (bicyclic) bond motifs is 1. The summed E-state index contributed by atoms with van der Waals surface area (Å²) in [5.41, 5.74) is 6.97. The average Bonchev–Trinajstić information content (AvgIpc) is 2.28. The summed E-state index contributed by atoms with van der Waals surface area (Å²) >= 11 is 4.83. The molecule has 0 aliphatic rings. The first-order chi connectivity index (χ1) is 7.66. The third-order valence-electron chi connectivity index (χ3n) is 2.34. The highest BCUT2D eigenvalue weighted by Gasteiger charge is 1.99. The van der Waals surface area contributed by atoms with Gasteiger partial charge in [0, 0.05) is 5.69 Å². The summed E-state index contributed by atoms with van der Waals surface area (Å²) in [5.74, 6) is 0. The van der Waals surface area contributed by atoms with E-state index in [1.54, 1.807) is 0 Å². The SMILES string of the molecule is C=C(Nc1ccc2ccccc2c1)C(N)=S. The standard InChI is InChI=1S/C13H12N2S/c1-9(13(14)16)15-12-7-6-10-4-2-3-5-11(10)8-12/h2-8,15H,1H2,(H2,14,16). The molecular weight excluding hydrogens is 216 g/mol. The number of thiocarbonyl (C=S) groups is 1. The van der Waals surface area contributed by atoms with Crippen molar-refractivity contribution in [2.75, 3.05) is 5.32 Å². The van der Waals surface area contributed by atoms with Gasteiger partial charge in [0.15, 0.2) is 0 Å². The molecule has 16 heavy (non-hydrogen) atoms. The van der Waals surface area contributed by atoms with Crippen molar-refractivity contribution in [3.63, 3.8) is 0 Å². The van der Waals surface area contributed by atoms with E-state index >= 15 is 0 Å². The van der Waals surface area contributed by atoms with E-state index in [1.165, 1.54) is 10.8 Å². The van der Waals surface area contributed by atoms with Crippen LogP contribution in [0.15, 0.2) is 54.7 Å². The third-order valence-corrected chi connectivity index (χ3v) is 2.59. The fourth-order valence-corrected chi connectivity index (χ4v) is 1.55. The number of anilines is 1. The molecule has 0 aromatic heterocycles. The van der Waals surface area contributed by atoms with Crippen LogP contribution in [0.2, 0.25) is 0 Å².